The summed E-state index contributed by atoms with van der Waals surface area (Å²) in [6.45, 7) is 0.326. The Kier molecular flexibility index (Phi) is 3.33. The summed E-state index contributed by atoms with van der Waals surface area (Å²) >= 11 is 5.76. The van der Waals surface area contributed by atoms with Crippen LogP contribution in [0.1, 0.15) is 18.4 Å². The molecule has 1 N–H and O–H groups in total. The summed E-state index contributed by atoms with van der Waals surface area (Å²) in [5, 5.41) is 9.63. The molecule has 0 spiro atoms. The second-order valence-corrected chi connectivity index (χ2v) is 4.48. The van der Waals surface area contributed by atoms with E-state index in [9.17, 15) is 9.59 Å². The highest BCUT2D eigenvalue weighted by Crippen LogP contribution is 2.22. The van der Waals surface area contributed by atoms with Crippen molar-refractivity contribution in [2.75, 3.05) is 0 Å². The fraction of sp³-hybridized carbons (Fsp3) is 0.333. The zero-order valence-electron chi connectivity index (χ0n) is 9.10. The molecule has 1 aliphatic rings. The highest BCUT2D eigenvalue weighted by atomic mass is 35.5. The Hall–Kier alpha value is -1.55. The minimum atomic E-state index is -0.940. The molecule has 1 atom stereocenters. The van der Waals surface area contributed by atoms with Crippen LogP contribution in [0.3, 0.4) is 0 Å². The van der Waals surface area contributed by atoms with Gasteiger partial charge in [-0.25, -0.2) is 4.79 Å². The van der Waals surface area contributed by atoms with Gasteiger partial charge in [0.15, 0.2) is 0 Å². The van der Waals surface area contributed by atoms with Crippen molar-refractivity contribution < 1.29 is 14.7 Å². The summed E-state index contributed by atoms with van der Waals surface area (Å²) in [5.41, 5.74) is 0.885. The first-order valence-electron chi connectivity index (χ1n) is 5.34. The van der Waals surface area contributed by atoms with Crippen LogP contribution in [0.15, 0.2) is 24.3 Å². The summed E-state index contributed by atoms with van der Waals surface area (Å²) in [4.78, 5) is 24.0. The normalized spacial score (nSPS) is 19.7. The molecule has 5 heteroatoms. The molecule has 1 aromatic rings. The third-order valence-corrected chi connectivity index (χ3v) is 3.13. The lowest BCUT2D eigenvalue weighted by atomic mass is 10.2. The van der Waals surface area contributed by atoms with Gasteiger partial charge in [-0.3, -0.25) is 4.79 Å². The van der Waals surface area contributed by atoms with E-state index in [1.165, 1.54) is 4.90 Å². The number of carboxylic acid groups (broad SMARTS) is 1. The second kappa shape index (κ2) is 4.75. The van der Waals surface area contributed by atoms with Crippen LogP contribution in [0.5, 0.6) is 0 Å². The third kappa shape index (κ3) is 2.58. The second-order valence-electron chi connectivity index (χ2n) is 4.04. The van der Waals surface area contributed by atoms with E-state index < -0.39 is 12.0 Å². The maximum atomic E-state index is 11.6. The van der Waals surface area contributed by atoms with E-state index in [1.807, 2.05) is 0 Å². The Morgan fingerprint density at radius 2 is 2.06 bits per heavy atom. The minimum absolute atomic E-state index is 0.104. The lowest BCUT2D eigenvalue weighted by molar-refractivity contribution is -0.146. The van der Waals surface area contributed by atoms with Gasteiger partial charge in [0.2, 0.25) is 5.91 Å². The lowest BCUT2D eigenvalue weighted by Crippen LogP contribution is -2.37. The number of halogens is 1. The summed E-state index contributed by atoms with van der Waals surface area (Å²) in [7, 11) is 0. The Morgan fingerprint density at radius 3 is 2.65 bits per heavy atom. The zero-order chi connectivity index (χ0) is 12.4. The van der Waals surface area contributed by atoms with Crippen LogP contribution < -0.4 is 0 Å². The molecule has 2 rings (SSSR count). The standard InChI is InChI=1S/C12H12ClNO3/c13-9-3-1-8(2-4-9)7-14-10(12(16)17)5-6-11(14)15/h1-4,10H,5-7H2,(H,16,17)/t10-/m1/s1. The van der Waals surface area contributed by atoms with Gasteiger partial charge in [-0.1, -0.05) is 23.7 Å². The largest absolute Gasteiger partial charge is 0.480 e. The van der Waals surface area contributed by atoms with E-state index in [0.717, 1.165) is 5.56 Å². The molecule has 0 aromatic heterocycles. The molecule has 0 bridgehead atoms. The number of hydrogen-bond acceptors (Lipinski definition) is 2. The molecule has 0 saturated carbocycles. The molecule has 17 heavy (non-hydrogen) atoms. The van der Waals surface area contributed by atoms with E-state index in [4.69, 9.17) is 16.7 Å². The quantitative estimate of drug-likeness (QED) is 0.895. The van der Waals surface area contributed by atoms with Gasteiger partial charge >= 0.3 is 5.97 Å². The predicted octanol–water partition coefficient (Wildman–Crippen LogP) is 1.92. The number of nitrogens with zero attached hydrogens (tertiary/aromatic N) is 1. The number of rotatable bonds is 3. The van der Waals surface area contributed by atoms with Crippen molar-refractivity contribution in [1.82, 2.24) is 4.90 Å². The van der Waals surface area contributed by atoms with E-state index in [-0.39, 0.29) is 5.91 Å². The van der Waals surface area contributed by atoms with Crippen molar-refractivity contribution in [2.45, 2.75) is 25.4 Å². The highest BCUT2D eigenvalue weighted by Gasteiger charge is 2.35. The van der Waals surface area contributed by atoms with Crippen molar-refractivity contribution in [3.8, 4) is 0 Å². The molecule has 0 aliphatic carbocycles. The van der Waals surface area contributed by atoms with Gasteiger partial charge < -0.3 is 10.0 Å². The average molecular weight is 254 g/mol. The minimum Gasteiger partial charge on any atom is -0.480 e. The van der Waals surface area contributed by atoms with Gasteiger partial charge in [0.1, 0.15) is 6.04 Å². The maximum Gasteiger partial charge on any atom is 0.326 e. The van der Waals surface area contributed by atoms with Gasteiger partial charge in [0.05, 0.1) is 0 Å². The first-order chi connectivity index (χ1) is 8.08. The highest BCUT2D eigenvalue weighted by molar-refractivity contribution is 6.30. The van der Waals surface area contributed by atoms with E-state index >= 15 is 0 Å². The SMILES string of the molecule is O=C(O)[C@H]1CCC(=O)N1Cc1ccc(Cl)cc1. The summed E-state index contributed by atoms with van der Waals surface area (Å²) in [5.74, 6) is -1.04. The van der Waals surface area contributed by atoms with E-state index in [2.05, 4.69) is 0 Å². The molecule has 0 unspecified atom stereocenters. The number of aliphatic carboxylic acids is 1. The molecule has 1 aliphatic heterocycles. The summed E-state index contributed by atoms with van der Waals surface area (Å²) < 4.78 is 0. The number of hydrogen-bond donors (Lipinski definition) is 1. The topological polar surface area (TPSA) is 57.6 Å². The first-order valence-corrected chi connectivity index (χ1v) is 5.72. The van der Waals surface area contributed by atoms with E-state index in [1.54, 1.807) is 24.3 Å². The fourth-order valence-corrected chi connectivity index (χ4v) is 2.10. The number of amides is 1. The number of benzene rings is 1. The van der Waals surface area contributed by atoms with Gasteiger partial charge in [-0.2, -0.15) is 0 Å². The molecule has 1 fully saturated rings. The monoisotopic (exact) mass is 253 g/mol. The molecule has 0 radical (unpaired) electrons. The van der Waals surface area contributed by atoms with Crippen molar-refractivity contribution >= 4 is 23.5 Å². The van der Waals surface area contributed by atoms with Gasteiger partial charge in [-0.05, 0) is 24.1 Å². The van der Waals surface area contributed by atoms with Crippen molar-refractivity contribution in [3.63, 3.8) is 0 Å². The molecule has 4 nitrogen and oxygen atoms in total. The number of likely N-dealkylation sites (tertiary alicyclic amines) is 1. The van der Waals surface area contributed by atoms with Gasteiger partial charge in [0, 0.05) is 18.0 Å². The van der Waals surface area contributed by atoms with Crippen LogP contribution in [0, 0.1) is 0 Å². The van der Waals surface area contributed by atoms with Crippen molar-refractivity contribution in [1.29, 1.82) is 0 Å². The molecule has 1 saturated heterocycles. The molecule has 90 valence electrons. The Morgan fingerprint density at radius 1 is 1.41 bits per heavy atom. The average Bonchev–Trinajstić information content (AvgIpc) is 2.64. The number of carboxylic acids is 1. The van der Waals surface area contributed by atoms with Crippen LogP contribution in [0.25, 0.3) is 0 Å². The van der Waals surface area contributed by atoms with Crippen LogP contribution >= 0.6 is 11.6 Å². The zero-order valence-corrected chi connectivity index (χ0v) is 9.85. The molecular formula is C12H12ClNO3. The van der Waals surface area contributed by atoms with Crippen molar-refractivity contribution in [3.05, 3.63) is 34.9 Å². The lowest BCUT2D eigenvalue weighted by Gasteiger charge is -2.21. The summed E-state index contributed by atoms with van der Waals surface area (Å²) in [6.07, 6.45) is 0.701. The van der Waals surface area contributed by atoms with Crippen molar-refractivity contribution in [2.24, 2.45) is 0 Å². The Bertz CT molecular complexity index is 444. The Balaban J connectivity index is 2.13. The molecular weight excluding hydrogens is 242 g/mol. The summed E-state index contributed by atoms with van der Waals surface area (Å²) in [6, 6.07) is 6.36. The predicted molar refractivity (Wildman–Crippen MR) is 62.7 cm³/mol. The van der Waals surface area contributed by atoms with Crippen LogP contribution in [-0.2, 0) is 16.1 Å². The Labute approximate surface area is 104 Å². The fourth-order valence-electron chi connectivity index (χ4n) is 1.98. The number of carbonyl (C=O) groups is 2. The molecule has 1 aromatic carbocycles. The first kappa shape index (κ1) is 11.9. The van der Waals surface area contributed by atoms with E-state index in [0.29, 0.717) is 24.4 Å². The number of carbonyl (C=O) groups excluding carboxylic acids is 1. The van der Waals surface area contributed by atoms with Gasteiger partial charge in [0.25, 0.3) is 0 Å². The maximum absolute atomic E-state index is 11.6. The van der Waals surface area contributed by atoms with Crippen LogP contribution in [-0.4, -0.2) is 27.9 Å². The smallest absolute Gasteiger partial charge is 0.326 e. The van der Waals surface area contributed by atoms with Crippen LogP contribution in [0.2, 0.25) is 5.02 Å². The molecule has 1 amide bonds. The molecule has 1 heterocycles. The van der Waals surface area contributed by atoms with Gasteiger partial charge in [-0.15, -0.1) is 0 Å². The van der Waals surface area contributed by atoms with Crippen LogP contribution in [0.4, 0.5) is 0 Å². The third-order valence-electron chi connectivity index (χ3n) is 2.88.